The van der Waals surface area contributed by atoms with Gasteiger partial charge in [-0.3, -0.25) is 4.79 Å². The highest BCUT2D eigenvalue weighted by molar-refractivity contribution is 5.73. The van der Waals surface area contributed by atoms with Crippen LogP contribution in [0.25, 0.3) is 0 Å². The van der Waals surface area contributed by atoms with Crippen LogP contribution in [0.4, 0.5) is 0 Å². The topological polar surface area (TPSA) is 216 Å². The van der Waals surface area contributed by atoms with Crippen molar-refractivity contribution >= 4 is 5.97 Å². The Bertz CT molecular complexity index is 1470. The molecule has 2 saturated heterocycles. The molecule has 7 aliphatic rings. The van der Waals surface area contributed by atoms with Gasteiger partial charge in [-0.15, -0.1) is 0 Å². The second kappa shape index (κ2) is 14.5. The quantitative estimate of drug-likeness (QED) is 0.144. The van der Waals surface area contributed by atoms with E-state index in [2.05, 4.69) is 54.5 Å². The Labute approximate surface area is 325 Å². The highest BCUT2D eigenvalue weighted by Crippen LogP contribution is 2.74. The summed E-state index contributed by atoms with van der Waals surface area (Å²) in [5.74, 6) is 0.152. The number of fused-ring (bicyclic) bond motifs is 7. The van der Waals surface area contributed by atoms with Gasteiger partial charge in [0, 0.05) is 0 Å². The van der Waals surface area contributed by atoms with Crippen molar-refractivity contribution in [2.45, 2.75) is 174 Å². The summed E-state index contributed by atoms with van der Waals surface area (Å²) in [5.41, 5.74) is 1.34. The number of rotatable bonds is 6. The van der Waals surface area contributed by atoms with Gasteiger partial charge in [0.15, 0.2) is 6.29 Å². The van der Waals surface area contributed by atoms with E-state index in [4.69, 9.17) is 18.9 Å². The Balaban J connectivity index is 1.08. The second-order valence-corrected chi connectivity index (χ2v) is 20.6. The van der Waals surface area contributed by atoms with Crippen LogP contribution in [-0.4, -0.2) is 128 Å². The molecule has 0 bridgehead atoms. The molecular weight excluding hydrogens is 712 g/mol. The number of aliphatic hydroxyl groups is 8. The summed E-state index contributed by atoms with van der Waals surface area (Å²) < 4.78 is 22.7. The van der Waals surface area contributed by atoms with Crippen molar-refractivity contribution in [2.75, 3.05) is 13.2 Å². The van der Waals surface area contributed by atoms with Crippen LogP contribution in [0.15, 0.2) is 11.6 Å². The molecule has 0 aromatic carbocycles. The molecule has 2 heterocycles. The van der Waals surface area contributed by atoms with E-state index in [1.54, 1.807) is 0 Å². The van der Waals surface area contributed by atoms with E-state index < -0.39 is 86.5 Å². The average molecular weight is 781 g/mol. The van der Waals surface area contributed by atoms with Gasteiger partial charge in [-0.1, -0.05) is 60.1 Å². The molecule has 5 aliphatic carbocycles. The number of hydrogen-bond donors (Lipinski definition) is 8. The van der Waals surface area contributed by atoms with Gasteiger partial charge in [-0.05, 0) is 109 Å². The van der Waals surface area contributed by atoms with Crippen LogP contribution in [0.5, 0.6) is 0 Å². The molecule has 314 valence electrons. The molecule has 13 nitrogen and oxygen atoms in total. The van der Waals surface area contributed by atoms with Crippen LogP contribution in [0.2, 0.25) is 0 Å². The van der Waals surface area contributed by atoms with E-state index in [1.165, 1.54) is 5.57 Å². The third-order valence-electron chi connectivity index (χ3n) is 16.9. The van der Waals surface area contributed by atoms with Crippen LogP contribution in [0.1, 0.15) is 106 Å². The van der Waals surface area contributed by atoms with E-state index in [0.717, 1.165) is 51.4 Å². The highest BCUT2D eigenvalue weighted by Gasteiger charge is 2.67. The molecule has 0 radical (unpaired) electrons. The maximum Gasteiger partial charge on any atom is 0.311 e. The van der Waals surface area contributed by atoms with Crippen molar-refractivity contribution in [1.29, 1.82) is 0 Å². The summed E-state index contributed by atoms with van der Waals surface area (Å²) in [6, 6.07) is 0. The first-order valence-corrected chi connectivity index (χ1v) is 20.8. The molecule has 19 atom stereocenters. The fourth-order valence-electron chi connectivity index (χ4n) is 13.6. The molecule has 13 heteroatoms. The van der Waals surface area contributed by atoms with Crippen molar-refractivity contribution < 1.29 is 64.6 Å². The van der Waals surface area contributed by atoms with Crippen molar-refractivity contribution in [3.8, 4) is 0 Å². The number of aliphatic hydroxyl groups excluding tert-OH is 8. The normalized spacial score (nSPS) is 53.1. The number of ether oxygens (including phenoxy) is 4. The summed E-state index contributed by atoms with van der Waals surface area (Å²) in [4.78, 5) is 14.3. The minimum Gasteiger partial charge on any atom is -0.432 e. The van der Waals surface area contributed by atoms with Crippen molar-refractivity contribution in [2.24, 2.45) is 56.7 Å². The first-order chi connectivity index (χ1) is 25.6. The van der Waals surface area contributed by atoms with E-state index in [9.17, 15) is 45.6 Å². The fourth-order valence-corrected chi connectivity index (χ4v) is 13.6. The maximum absolute atomic E-state index is 14.3. The molecule has 2 aliphatic heterocycles. The van der Waals surface area contributed by atoms with Gasteiger partial charge in [0.1, 0.15) is 48.8 Å². The number of carbonyl (C=O) groups excluding carboxylic acids is 1. The first-order valence-electron chi connectivity index (χ1n) is 20.8. The van der Waals surface area contributed by atoms with E-state index in [-0.39, 0.29) is 45.0 Å². The van der Waals surface area contributed by atoms with E-state index in [1.807, 2.05) is 0 Å². The van der Waals surface area contributed by atoms with Crippen molar-refractivity contribution in [1.82, 2.24) is 0 Å². The molecule has 8 N–H and O–H groups in total. The lowest BCUT2D eigenvalue weighted by atomic mass is 9.34. The van der Waals surface area contributed by atoms with Gasteiger partial charge in [0.05, 0.1) is 25.2 Å². The molecule has 6 fully saturated rings. The van der Waals surface area contributed by atoms with Crippen molar-refractivity contribution in [3.63, 3.8) is 0 Å². The Hall–Kier alpha value is -1.23. The van der Waals surface area contributed by atoms with Crippen LogP contribution in [0, 0.1) is 56.7 Å². The third kappa shape index (κ3) is 6.58. The Morgan fingerprint density at radius 1 is 0.745 bits per heavy atom. The molecule has 0 unspecified atom stereocenters. The third-order valence-corrected chi connectivity index (χ3v) is 16.9. The molecule has 0 aromatic heterocycles. The van der Waals surface area contributed by atoms with Crippen LogP contribution in [-0.2, 0) is 23.7 Å². The lowest BCUT2D eigenvalue weighted by molar-refractivity contribution is -0.327. The summed E-state index contributed by atoms with van der Waals surface area (Å²) in [6.45, 7) is 15.3. The molecule has 0 amide bonds. The van der Waals surface area contributed by atoms with Gasteiger partial charge < -0.3 is 59.8 Å². The zero-order valence-corrected chi connectivity index (χ0v) is 33.7. The molecule has 0 aromatic rings. The smallest absolute Gasteiger partial charge is 0.311 e. The fraction of sp³-hybridized carbons (Fsp3) is 0.929. The Morgan fingerprint density at radius 2 is 1.38 bits per heavy atom. The second-order valence-electron chi connectivity index (χ2n) is 20.6. The molecule has 4 saturated carbocycles. The zero-order valence-electron chi connectivity index (χ0n) is 33.7. The Morgan fingerprint density at radius 3 is 2.05 bits per heavy atom. The lowest BCUT2D eigenvalue weighted by Crippen LogP contribution is -2.64. The SMILES string of the molecule is CC1(C)C[C@H](C(=O)O[C@@H]2O[C@H](CO[C@@H]3O[C@H](CO)[C@@H](O)[C@H](O)[C@H]3O)[C@@H](O)[C@H](O)[C@H]2O)[C@@H]2CC[C@]3(C)C(=CC[C@@H]4[C@@]5(C)CC[C@H](O)C(C)(C)[C@@H]5CC[C@]43C)[C@@H]2C1. The minimum atomic E-state index is -1.75. The predicted molar refractivity (Wildman–Crippen MR) is 197 cm³/mol. The maximum atomic E-state index is 14.3. The van der Waals surface area contributed by atoms with Gasteiger partial charge in [0.2, 0.25) is 6.29 Å². The van der Waals surface area contributed by atoms with Crippen LogP contribution < -0.4 is 0 Å². The first kappa shape index (κ1) is 41.9. The predicted octanol–water partition coefficient (Wildman–Crippen LogP) is 2.17. The summed E-state index contributed by atoms with van der Waals surface area (Å²) >= 11 is 0. The molecular formula is C42H68O13. The molecule has 55 heavy (non-hydrogen) atoms. The van der Waals surface area contributed by atoms with Crippen molar-refractivity contribution in [3.05, 3.63) is 11.6 Å². The summed E-state index contributed by atoms with van der Waals surface area (Å²) in [5, 5.41) is 83.7. The summed E-state index contributed by atoms with van der Waals surface area (Å²) in [7, 11) is 0. The number of carbonyl (C=O) groups is 1. The zero-order chi connectivity index (χ0) is 40.2. The van der Waals surface area contributed by atoms with Crippen LogP contribution >= 0.6 is 0 Å². The standard InChI is InChI=1S/C42H68O13/c1-38(2)16-21-20(10-14-41(6)23(21)8-9-27-40(5)13-12-28(44)39(3,4)26(40)11-15-42(27,41)7)22(17-38)35(51)55-37-34(50)32(48)30(46)25(54-37)19-52-36-33(49)31(47)29(45)24(18-43)53-36/h8,20-22,24-34,36-37,43-50H,9-19H2,1-7H3/t20-,21-,22+,24-,25-,26+,27-,28+,29-,30-,31+,32+,33-,34-,36-,37+,40+,41-,42-/m1/s1. The van der Waals surface area contributed by atoms with Gasteiger partial charge in [0.25, 0.3) is 0 Å². The average Bonchev–Trinajstić information content (AvgIpc) is 3.12. The van der Waals surface area contributed by atoms with Crippen LogP contribution in [0.3, 0.4) is 0 Å². The largest absolute Gasteiger partial charge is 0.432 e. The highest BCUT2D eigenvalue weighted by atomic mass is 16.7. The molecule has 0 spiro atoms. The van der Waals surface area contributed by atoms with Gasteiger partial charge in [-0.25, -0.2) is 0 Å². The monoisotopic (exact) mass is 780 g/mol. The van der Waals surface area contributed by atoms with Gasteiger partial charge >= 0.3 is 5.97 Å². The summed E-state index contributed by atoms with van der Waals surface area (Å²) in [6.07, 6.45) is -5.10. The number of esters is 1. The molecule has 7 rings (SSSR count). The van der Waals surface area contributed by atoms with E-state index >= 15 is 0 Å². The van der Waals surface area contributed by atoms with Gasteiger partial charge in [-0.2, -0.15) is 0 Å². The number of allylic oxidation sites excluding steroid dienone is 2. The van der Waals surface area contributed by atoms with E-state index in [0.29, 0.717) is 18.3 Å². The lowest BCUT2D eigenvalue weighted by Gasteiger charge is -2.70. The number of hydrogen-bond acceptors (Lipinski definition) is 13. The Kier molecular flexibility index (Phi) is 11.0. The minimum absolute atomic E-state index is 0.0252.